The number of fused-ring (bicyclic) bond motifs is 1. The van der Waals surface area contributed by atoms with Crippen LogP contribution in [0.4, 0.5) is 5.82 Å². The largest absolute Gasteiger partial charge is 0.360 e. The molecule has 29 heavy (non-hydrogen) atoms. The van der Waals surface area contributed by atoms with Crippen molar-refractivity contribution in [2.75, 3.05) is 11.1 Å². The summed E-state index contributed by atoms with van der Waals surface area (Å²) < 4.78 is 6.48. The van der Waals surface area contributed by atoms with Gasteiger partial charge in [0.2, 0.25) is 5.91 Å². The summed E-state index contributed by atoms with van der Waals surface area (Å²) in [6.45, 7) is 3.76. The van der Waals surface area contributed by atoms with Crippen LogP contribution in [0.5, 0.6) is 0 Å². The van der Waals surface area contributed by atoms with Crippen molar-refractivity contribution in [3.05, 3.63) is 58.2 Å². The zero-order valence-corrected chi connectivity index (χ0v) is 16.6. The number of carbonyl (C=O) groups excluding carboxylic acids is 1. The Balaban J connectivity index is 1.69. The van der Waals surface area contributed by atoms with E-state index in [2.05, 4.69) is 25.7 Å². The Hall–Kier alpha value is -3.40. The minimum absolute atomic E-state index is 0.0479. The maximum Gasteiger partial charge on any atom is 0.269 e. The van der Waals surface area contributed by atoms with E-state index in [1.165, 1.54) is 10.8 Å². The first-order valence-corrected chi connectivity index (χ1v) is 9.95. The summed E-state index contributed by atoms with van der Waals surface area (Å²) in [5.41, 5.74) is 1.89. The third-order valence-corrected chi connectivity index (χ3v) is 5.23. The topological polar surface area (TPSA) is 119 Å². The number of para-hydroxylation sites is 1. The molecule has 4 aromatic rings. The fourth-order valence-corrected chi connectivity index (χ4v) is 3.74. The molecule has 0 aliphatic heterocycles. The van der Waals surface area contributed by atoms with Crippen LogP contribution in [0.25, 0.3) is 16.7 Å². The number of aryl methyl sites for hydroxylation is 2. The van der Waals surface area contributed by atoms with Gasteiger partial charge in [0.15, 0.2) is 16.6 Å². The first-order chi connectivity index (χ1) is 14.1. The summed E-state index contributed by atoms with van der Waals surface area (Å²) >= 11 is 1.16. The molecule has 0 bridgehead atoms. The number of amides is 1. The first-order valence-electron chi connectivity index (χ1n) is 8.97. The van der Waals surface area contributed by atoms with Gasteiger partial charge in [-0.05, 0) is 25.0 Å². The van der Waals surface area contributed by atoms with Gasteiger partial charge < -0.3 is 9.84 Å². The molecule has 3 aromatic heterocycles. The molecule has 0 radical (unpaired) electrons. The van der Waals surface area contributed by atoms with Crippen molar-refractivity contribution >= 4 is 34.5 Å². The molecule has 2 N–H and O–H groups in total. The van der Waals surface area contributed by atoms with Crippen molar-refractivity contribution < 1.29 is 9.32 Å². The van der Waals surface area contributed by atoms with E-state index in [1.807, 2.05) is 31.2 Å². The zero-order valence-electron chi connectivity index (χ0n) is 15.8. The molecular weight excluding hydrogens is 392 g/mol. The molecule has 3 heterocycles. The highest BCUT2D eigenvalue weighted by Crippen LogP contribution is 2.23. The molecule has 0 aliphatic rings. The molecule has 1 amide bonds. The molecule has 0 aliphatic carbocycles. The number of nitrogens with zero attached hydrogens (tertiary/aromatic N) is 4. The van der Waals surface area contributed by atoms with Crippen molar-refractivity contribution in [2.45, 2.75) is 25.4 Å². The molecule has 0 atom stereocenters. The number of aromatic amines is 1. The van der Waals surface area contributed by atoms with Gasteiger partial charge >= 0.3 is 0 Å². The van der Waals surface area contributed by atoms with Crippen LogP contribution in [-0.4, -0.2) is 36.6 Å². The zero-order chi connectivity index (χ0) is 20.4. The Morgan fingerprint density at radius 3 is 2.93 bits per heavy atom. The van der Waals surface area contributed by atoms with Gasteiger partial charge in [0, 0.05) is 6.07 Å². The lowest BCUT2D eigenvalue weighted by molar-refractivity contribution is -0.113. The highest BCUT2D eigenvalue weighted by atomic mass is 32.2. The minimum atomic E-state index is -0.280. The summed E-state index contributed by atoms with van der Waals surface area (Å²) in [4.78, 5) is 30.0. The molecule has 0 fully saturated rings. The summed E-state index contributed by atoms with van der Waals surface area (Å²) in [6, 6.07) is 9.27. The lowest BCUT2D eigenvalue weighted by Crippen LogP contribution is -2.23. The quantitative estimate of drug-likeness (QED) is 0.370. The van der Waals surface area contributed by atoms with Crippen LogP contribution in [0, 0.1) is 6.92 Å². The van der Waals surface area contributed by atoms with E-state index in [-0.39, 0.29) is 17.2 Å². The van der Waals surface area contributed by atoms with Gasteiger partial charge in [-0.1, -0.05) is 42.0 Å². The van der Waals surface area contributed by atoms with Gasteiger partial charge in [-0.25, -0.2) is 4.98 Å². The van der Waals surface area contributed by atoms with E-state index in [0.717, 1.165) is 29.4 Å². The average molecular weight is 410 g/mol. The van der Waals surface area contributed by atoms with Gasteiger partial charge in [-0.3, -0.25) is 19.3 Å². The number of rotatable bonds is 6. The van der Waals surface area contributed by atoms with Crippen LogP contribution < -0.4 is 10.9 Å². The third kappa shape index (κ3) is 3.79. The molecule has 9 nitrogen and oxygen atoms in total. The van der Waals surface area contributed by atoms with E-state index >= 15 is 0 Å². The number of anilines is 1. The molecule has 1 aromatic carbocycles. The van der Waals surface area contributed by atoms with Crippen molar-refractivity contribution in [3.63, 3.8) is 0 Å². The number of benzene rings is 1. The standard InChI is InChI=1S/C19H18N6O3S/c1-3-12-6-4-5-7-14(12)25-18(27)13-9-20-23-17(13)22-19(25)29-10-16(26)21-15-8-11(2)28-24-15/h4-9H,3,10H2,1-2H3,(H,20,23)(H,21,24,26). The Morgan fingerprint density at radius 2 is 2.17 bits per heavy atom. The number of thioether (sulfide) groups is 1. The van der Waals surface area contributed by atoms with Gasteiger partial charge in [0.05, 0.1) is 17.6 Å². The molecular formula is C19H18N6O3S. The monoisotopic (exact) mass is 410 g/mol. The smallest absolute Gasteiger partial charge is 0.269 e. The molecule has 4 rings (SSSR count). The average Bonchev–Trinajstić information content (AvgIpc) is 3.35. The van der Waals surface area contributed by atoms with Crippen LogP contribution in [0.15, 0.2) is 51.0 Å². The Labute approximate surface area is 169 Å². The molecule has 0 spiro atoms. The van der Waals surface area contributed by atoms with Crippen LogP contribution in [-0.2, 0) is 11.2 Å². The van der Waals surface area contributed by atoms with Crippen LogP contribution in [0.2, 0.25) is 0 Å². The van der Waals surface area contributed by atoms with Crippen molar-refractivity contribution in [2.24, 2.45) is 0 Å². The second-order valence-electron chi connectivity index (χ2n) is 6.31. The van der Waals surface area contributed by atoms with Crippen molar-refractivity contribution in [1.82, 2.24) is 24.9 Å². The summed E-state index contributed by atoms with van der Waals surface area (Å²) in [6.07, 6.45) is 2.21. The second kappa shape index (κ2) is 7.92. The number of aromatic nitrogens is 5. The number of carbonyl (C=O) groups is 1. The highest BCUT2D eigenvalue weighted by molar-refractivity contribution is 7.99. The molecule has 148 valence electrons. The second-order valence-corrected chi connectivity index (χ2v) is 7.25. The third-order valence-electron chi connectivity index (χ3n) is 4.29. The lowest BCUT2D eigenvalue weighted by atomic mass is 10.1. The summed E-state index contributed by atoms with van der Waals surface area (Å²) in [5, 5.41) is 13.9. The van der Waals surface area contributed by atoms with Gasteiger partial charge in [0.1, 0.15) is 11.1 Å². The summed E-state index contributed by atoms with van der Waals surface area (Å²) in [7, 11) is 0. The van der Waals surface area contributed by atoms with E-state index in [9.17, 15) is 9.59 Å². The van der Waals surface area contributed by atoms with E-state index in [4.69, 9.17) is 4.52 Å². The molecule has 10 heteroatoms. The maximum absolute atomic E-state index is 13.1. The van der Waals surface area contributed by atoms with Crippen LogP contribution in [0.1, 0.15) is 18.2 Å². The van der Waals surface area contributed by atoms with E-state index < -0.39 is 0 Å². The Bertz CT molecular complexity index is 1240. The number of hydrogen-bond donors (Lipinski definition) is 2. The SMILES string of the molecule is CCc1ccccc1-n1c(SCC(=O)Nc2cc(C)on2)nc2[nH]ncc2c1=O. The first kappa shape index (κ1) is 18.9. The highest BCUT2D eigenvalue weighted by Gasteiger charge is 2.18. The van der Waals surface area contributed by atoms with E-state index in [1.54, 1.807) is 13.0 Å². The lowest BCUT2D eigenvalue weighted by Gasteiger charge is -2.14. The van der Waals surface area contributed by atoms with Crippen LogP contribution in [0.3, 0.4) is 0 Å². The molecule has 0 unspecified atom stereocenters. The van der Waals surface area contributed by atoms with Crippen molar-refractivity contribution in [1.29, 1.82) is 0 Å². The maximum atomic E-state index is 13.1. The van der Waals surface area contributed by atoms with Crippen LogP contribution >= 0.6 is 11.8 Å². The Morgan fingerprint density at radius 1 is 1.34 bits per heavy atom. The van der Waals surface area contributed by atoms with E-state index in [0.29, 0.717) is 27.8 Å². The number of H-pyrrole nitrogens is 1. The number of hydrogen-bond acceptors (Lipinski definition) is 7. The predicted molar refractivity (Wildman–Crippen MR) is 109 cm³/mol. The van der Waals surface area contributed by atoms with Gasteiger partial charge in [-0.15, -0.1) is 0 Å². The summed E-state index contributed by atoms with van der Waals surface area (Å²) in [5.74, 6) is 0.715. The van der Waals surface area contributed by atoms with Gasteiger partial charge in [0.25, 0.3) is 5.56 Å². The Kier molecular flexibility index (Phi) is 5.17. The number of nitrogens with one attached hydrogen (secondary N) is 2. The fourth-order valence-electron chi connectivity index (χ4n) is 2.95. The normalized spacial score (nSPS) is 11.1. The molecule has 0 saturated heterocycles. The minimum Gasteiger partial charge on any atom is -0.360 e. The van der Waals surface area contributed by atoms with Gasteiger partial charge in [-0.2, -0.15) is 5.10 Å². The van der Waals surface area contributed by atoms with Crippen molar-refractivity contribution in [3.8, 4) is 5.69 Å². The fraction of sp³-hybridized carbons (Fsp3) is 0.211. The predicted octanol–water partition coefficient (Wildman–Crippen LogP) is 2.70. The molecule has 0 saturated carbocycles.